The molecule has 102 valence electrons. The summed E-state index contributed by atoms with van der Waals surface area (Å²) in [7, 11) is 1.77. The lowest BCUT2D eigenvalue weighted by Gasteiger charge is -2.24. The molecule has 0 radical (unpaired) electrons. The summed E-state index contributed by atoms with van der Waals surface area (Å²) >= 11 is 1.87. The van der Waals surface area contributed by atoms with E-state index in [1.807, 2.05) is 11.8 Å². The quantitative estimate of drug-likeness (QED) is 0.849. The SMILES string of the molecule is COC1(CN=C2NC3(CCCC3)CS2)CCOC1. The molecule has 1 aliphatic carbocycles. The number of thioether (sulfide) groups is 1. The predicted octanol–water partition coefficient (Wildman–Crippen LogP) is 1.80. The summed E-state index contributed by atoms with van der Waals surface area (Å²) < 4.78 is 11.0. The van der Waals surface area contributed by atoms with Crippen LogP contribution in [-0.4, -0.2) is 48.9 Å². The van der Waals surface area contributed by atoms with Crippen LogP contribution in [0.1, 0.15) is 32.1 Å². The molecule has 1 N–H and O–H groups in total. The number of amidine groups is 1. The van der Waals surface area contributed by atoms with E-state index in [2.05, 4.69) is 5.32 Å². The molecule has 1 unspecified atom stereocenters. The van der Waals surface area contributed by atoms with Crippen molar-refractivity contribution in [1.82, 2.24) is 5.32 Å². The Morgan fingerprint density at radius 2 is 2.22 bits per heavy atom. The minimum absolute atomic E-state index is 0.180. The fraction of sp³-hybridized carbons (Fsp3) is 0.923. The third-order valence-electron chi connectivity index (χ3n) is 4.43. The number of methoxy groups -OCH3 is 1. The van der Waals surface area contributed by atoms with Crippen LogP contribution >= 0.6 is 11.8 Å². The van der Waals surface area contributed by atoms with Crippen molar-refractivity contribution < 1.29 is 9.47 Å². The minimum Gasteiger partial charge on any atom is -0.378 e. The van der Waals surface area contributed by atoms with Crippen LogP contribution in [0.5, 0.6) is 0 Å². The lowest BCUT2D eigenvalue weighted by molar-refractivity contribution is -0.00899. The second-order valence-electron chi connectivity index (χ2n) is 5.71. The standard InChI is InChI=1S/C13H22N2O2S/c1-16-13(6-7-17-9-13)8-14-11-15-12(10-18-11)4-2-3-5-12/h2-10H2,1H3,(H,14,15). The first-order valence-electron chi connectivity index (χ1n) is 6.84. The van der Waals surface area contributed by atoms with Gasteiger partial charge in [-0.25, -0.2) is 0 Å². The lowest BCUT2D eigenvalue weighted by Crippen LogP contribution is -2.41. The van der Waals surface area contributed by atoms with Gasteiger partial charge in [0.25, 0.3) is 0 Å². The van der Waals surface area contributed by atoms with E-state index < -0.39 is 0 Å². The molecule has 3 rings (SSSR count). The van der Waals surface area contributed by atoms with E-state index in [0.717, 1.165) is 24.7 Å². The zero-order valence-corrected chi connectivity index (χ0v) is 11.9. The van der Waals surface area contributed by atoms with Gasteiger partial charge in [-0.2, -0.15) is 0 Å². The Kier molecular flexibility index (Phi) is 3.56. The third-order valence-corrected chi connectivity index (χ3v) is 5.63. The molecule has 0 aromatic heterocycles. The van der Waals surface area contributed by atoms with E-state index in [-0.39, 0.29) is 5.60 Å². The number of rotatable bonds is 3. The van der Waals surface area contributed by atoms with Crippen molar-refractivity contribution in [2.24, 2.45) is 4.99 Å². The van der Waals surface area contributed by atoms with Gasteiger partial charge in [-0.3, -0.25) is 4.99 Å². The molecule has 3 fully saturated rings. The van der Waals surface area contributed by atoms with Gasteiger partial charge in [0.2, 0.25) is 0 Å². The average Bonchev–Trinajstić information content (AvgIpc) is 3.11. The largest absolute Gasteiger partial charge is 0.378 e. The van der Waals surface area contributed by atoms with Crippen LogP contribution in [0.3, 0.4) is 0 Å². The first kappa shape index (κ1) is 12.8. The van der Waals surface area contributed by atoms with Crippen LogP contribution < -0.4 is 5.32 Å². The van der Waals surface area contributed by atoms with Crippen molar-refractivity contribution in [3.05, 3.63) is 0 Å². The van der Waals surface area contributed by atoms with Crippen LogP contribution in [0, 0.1) is 0 Å². The van der Waals surface area contributed by atoms with E-state index in [4.69, 9.17) is 14.5 Å². The van der Waals surface area contributed by atoms with Gasteiger partial charge in [0.15, 0.2) is 5.17 Å². The van der Waals surface area contributed by atoms with Gasteiger partial charge in [-0.05, 0) is 12.8 Å². The molecule has 0 aromatic rings. The fourth-order valence-corrected chi connectivity index (χ4v) is 4.28. The molecular formula is C13H22N2O2S. The second-order valence-corrected chi connectivity index (χ2v) is 6.68. The number of nitrogens with one attached hydrogen (secondary N) is 1. The first-order chi connectivity index (χ1) is 8.76. The molecule has 4 nitrogen and oxygen atoms in total. The predicted molar refractivity (Wildman–Crippen MR) is 74.3 cm³/mol. The topological polar surface area (TPSA) is 42.8 Å². The maximum Gasteiger partial charge on any atom is 0.157 e. The van der Waals surface area contributed by atoms with Gasteiger partial charge in [-0.1, -0.05) is 24.6 Å². The van der Waals surface area contributed by atoms with Crippen LogP contribution in [0.25, 0.3) is 0 Å². The highest BCUT2D eigenvalue weighted by Gasteiger charge is 2.40. The summed E-state index contributed by atoms with van der Waals surface area (Å²) in [6, 6.07) is 0. The maximum absolute atomic E-state index is 5.61. The summed E-state index contributed by atoms with van der Waals surface area (Å²) in [5.74, 6) is 1.18. The lowest BCUT2D eigenvalue weighted by atomic mass is 10.0. The van der Waals surface area contributed by atoms with Crippen molar-refractivity contribution in [2.75, 3.05) is 32.6 Å². The highest BCUT2D eigenvalue weighted by atomic mass is 32.2. The van der Waals surface area contributed by atoms with Crippen LogP contribution in [0.4, 0.5) is 0 Å². The Bertz CT molecular complexity index is 334. The van der Waals surface area contributed by atoms with Gasteiger partial charge >= 0.3 is 0 Å². The number of hydrogen-bond acceptors (Lipinski definition) is 4. The second kappa shape index (κ2) is 5.02. The first-order valence-corrected chi connectivity index (χ1v) is 7.83. The van der Waals surface area contributed by atoms with Gasteiger partial charge in [0, 0.05) is 31.4 Å². The number of aliphatic imine (C=N–C) groups is 1. The molecule has 0 amide bonds. The summed E-state index contributed by atoms with van der Waals surface area (Å²) in [6.45, 7) is 2.19. The fourth-order valence-electron chi connectivity index (χ4n) is 3.07. The average molecular weight is 270 g/mol. The highest BCUT2D eigenvalue weighted by molar-refractivity contribution is 8.14. The Hall–Kier alpha value is -0.260. The molecule has 5 heteroatoms. The van der Waals surface area contributed by atoms with Crippen LogP contribution in [0.2, 0.25) is 0 Å². The zero-order valence-electron chi connectivity index (χ0n) is 11.0. The molecule has 2 aliphatic heterocycles. The van der Waals surface area contributed by atoms with Crippen molar-refractivity contribution >= 4 is 16.9 Å². The third kappa shape index (κ3) is 2.40. The Morgan fingerprint density at radius 1 is 1.39 bits per heavy atom. The smallest absolute Gasteiger partial charge is 0.157 e. The molecule has 2 heterocycles. The van der Waals surface area contributed by atoms with Crippen molar-refractivity contribution in [3.8, 4) is 0 Å². The zero-order chi connectivity index (χ0) is 12.5. The monoisotopic (exact) mass is 270 g/mol. The van der Waals surface area contributed by atoms with Gasteiger partial charge in [0.05, 0.1) is 13.2 Å². The van der Waals surface area contributed by atoms with E-state index in [9.17, 15) is 0 Å². The molecule has 1 atom stereocenters. The normalized spacial score (nSPS) is 36.6. The molecule has 3 aliphatic rings. The molecule has 0 bridgehead atoms. The Morgan fingerprint density at radius 3 is 2.89 bits per heavy atom. The molecule has 1 spiro atoms. The van der Waals surface area contributed by atoms with Gasteiger partial charge in [0.1, 0.15) is 5.60 Å². The minimum atomic E-state index is -0.180. The van der Waals surface area contributed by atoms with Gasteiger partial charge in [-0.15, -0.1) is 0 Å². The molecule has 1 saturated carbocycles. The van der Waals surface area contributed by atoms with E-state index in [1.54, 1.807) is 7.11 Å². The van der Waals surface area contributed by atoms with Crippen LogP contribution in [-0.2, 0) is 9.47 Å². The molecular weight excluding hydrogens is 248 g/mol. The molecule has 0 aromatic carbocycles. The Balaban J connectivity index is 1.60. The van der Waals surface area contributed by atoms with Crippen molar-refractivity contribution in [2.45, 2.75) is 43.2 Å². The number of hydrogen-bond donors (Lipinski definition) is 1. The molecule has 18 heavy (non-hydrogen) atoms. The number of nitrogens with zero attached hydrogens (tertiary/aromatic N) is 1. The van der Waals surface area contributed by atoms with Crippen molar-refractivity contribution in [3.63, 3.8) is 0 Å². The Labute approximate surface area is 113 Å². The van der Waals surface area contributed by atoms with E-state index >= 15 is 0 Å². The summed E-state index contributed by atoms with van der Waals surface area (Å²) in [5.41, 5.74) is 0.177. The summed E-state index contributed by atoms with van der Waals surface area (Å²) in [5, 5.41) is 4.76. The molecule has 2 saturated heterocycles. The van der Waals surface area contributed by atoms with Crippen molar-refractivity contribution in [1.29, 1.82) is 0 Å². The number of ether oxygens (including phenoxy) is 2. The van der Waals surface area contributed by atoms with Crippen LogP contribution in [0.15, 0.2) is 4.99 Å². The van der Waals surface area contributed by atoms with E-state index in [0.29, 0.717) is 12.1 Å². The highest BCUT2D eigenvalue weighted by Crippen LogP contribution is 2.37. The summed E-state index contributed by atoms with van der Waals surface area (Å²) in [4.78, 5) is 4.73. The maximum atomic E-state index is 5.61. The van der Waals surface area contributed by atoms with E-state index in [1.165, 1.54) is 31.4 Å². The van der Waals surface area contributed by atoms with Gasteiger partial charge < -0.3 is 14.8 Å². The summed E-state index contributed by atoms with van der Waals surface area (Å²) in [6.07, 6.45) is 6.28.